The highest BCUT2D eigenvalue weighted by Gasteiger charge is 2.14. The Bertz CT molecular complexity index is 574. The van der Waals surface area contributed by atoms with Crippen LogP contribution in [0.4, 0.5) is 4.39 Å². The van der Waals surface area contributed by atoms with Crippen LogP contribution in [0.1, 0.15) is 23.0 Å². The molecule has 6 heteroatoms. The maximum atomic E-state index is 13.7. The van der Waals surface area contributed by atoms with E-state index in [0.29, 0.717) is 12.2 Å². The van der Waals surface area contributed by atoms with Crippen molar-refractivity contribution in [2.75, 3.05) is 7.11 Å². The largest absolute Gasteiger partial charge is 0.494 e. The van der Waals surface area contributed by atoms with Crippen LogP contribution in [0.15, 0.2) is 30.6 Å². The van der Waals surface area contributed by atoms with E-state index < -0.39 is 5.82 Å². The molecule has 3 N–H and O–H groups in total. The quantitative estimate of drug-likeness (QED) is 0.642. The van der Waals surface area contributed by atoms with E-state index in [-0.39, 0.29) is 11.8 Å². The monoisotopic (exact) mass is 276 g/mol. The molecule has 1 atom stereocenters. The minimum Gasteiger partial charge on any atom is -0.494 e. The van der Waals surface area contributed by atoms with Crippen LogP contribution in [0.5, 0.6) is 5.75 Å². The Morgan fingerprint density at radius 2 is 2.05 bits per heavy atom. The summed E-state index contributed by atoms with van der Waals surface area (Å²) in [5.41, 5.74) is 4.42. The summed E-state index contributed by atoms with van der Waals surface area (Å²) in [6.45, 7) is 1.91. The lowest BCUT2D eigenvalue weighted by molar-refractivity contribution is 0.386. The lowest BCUT2D eigenvalue weighted by Gasteiger charge is -2.15. The van der Waals surface area contributed by atoms with Gasteiger partial charge in [0.1, 0.15) is 5.82 Å². The molecule has 0 radical (unpaired) electrons. The number of ether oxygens (including phenoxy) is 1. The lowest BCUT2D eigenvalue weighted by atomic mass is 10.1. The van der Waals surface area contributed by atoms with Gasteiger partial charge in [-0.15, -0.1) is 0 Å². The number of hydrazine groups is 1. The predicted molar refractivity (Wildman–Crippen MR) is 73.5 cm³/mol. The molecule has 1 unspecified atom stereocenters. The van der Waals surface area contributed by atoms with Crippen molar-refractivity contribution >= 4 is 0 Å². The molecule has 0 saturated carbocycles. The van der Waals surface area contributed by atoms with E-state index in [4.69, 9.17) is 10.6 Å². The number of rotatable bonds is 5. The van der Waals surface area contributed by atoms with Gasteiger partial charge in [-0.1, -0.05) is 6.07 Å². The second-order valence-electron chi connectivity index (χ2n) is 4.51. The van der Waals surface area contributed by atoms with E-state index in [2.05, 4.69) is 15.4 Å². The van der Waals surface area contributed by atoms with Gasteiger partial charge in [0.2, 0.25) is 0 Å². The van der Waals surface area contributed by atoms with Gasteiger partial charge in [-0.2, -0.15) is 0 Å². The molecule has 0 amide bonds. The van der Waals surface area contributed by atoms with Crippen molar-refractivity contribution in [3.63, 3.8) is 0 Å². The van der Waals surface area contributed by atoms with Gasteiger partial charge in [-0.05, 0) is 36.6 Å². The van der Waals surface area contributed by atoms with Crippen molar-refractivity contribution in [1.29, 1.82) is 0 Å². The molecule has 2 aromatic rings. The minimum atomic E-state index is -0.398. The Morgan fingerprint density at radius 1 is 1.35 bits per heavy atom. The van der Waals surface area contributed by atoms with Crippen molar-refractivity contribution in [3.8, 4) is 5.75 Å². The van der Waals surface area contributed by atoms with E-state index in [9.17, 15) is 4.39 Å². The zero-order valence-electron chi connectivity index (χ0n) is 11.4. The summed E-state index contributed by atoms with van der Waals surface area (Å²) < 4.78 is 18.5. The maximum Gasteiger partial charge on any atom is 0.165 e. The summed E-state index contributed by atoms with van der Waals surface area (Å²) in [7, 11) is 1.43. The molecule has 0 bridgehead atoms. The van der Waals surface area contributed by atoms with Crippen molar-refractivity contribution < 1.29 is 9.13 Å². The summed E-state index contributed by atoms with van der Waals surface area (Å²) in [5, 5.41) is 0. The molecule has 5 nitrogen and oxygen atoms in total. The average molecular weight is 276 g/mol. The van der Waals surface area contributed by atoms with E-state index >= 15 is 0 Å². The Hall–Kier alpha value is -2.05. The summed E-state index contributed by atoms with van der Waals surface area (Å²) in [6.07, 6.45) is 3.93. The molecule has 0 aliphatic carbocycles. The number of aromatic nitrogens is 2. The van der Waals surface area contributed by atoms with Crippen molar-refractivity contribution in [2.45, 2.75) is 19.4 Å². The third kappa shape index (κ3) is 3.28. The number of methoxy groups -OCH3 is 1. The number of hydrogen-bond acceptors (Lipinski definition) is 5. The van der Waals surface area contributed by atoms with E-state index in [0.717, 1.165) is 11.1 Å². The molecule has 0 fully saturated rings. The van der Waals surface area contributed by atoms with Crippen LogP contribution in [0.2, 0.25) is 0 Å². The van der Waals surface area contributed by atoms with E-state index in [1.807, 2.05) is 6.92 Å². The average Bonchev–Trinajstić information content (AvgIpc) is 2.46. The molecule has 0 saturated heterocycles. The number of nitrogens with one attached hydrogen (secondary N) is 1. The Labute approximate surface area is 117 Å². The molecule has 0 aliphatic rings. The first kappa shape index (κ1) is 14.4. The van der Waals surface area contributed by atoms with Crippen molar-refractivity contribution in [2.24, 2.45) is 5.84 Å². The molecule has 0 spiro atoms. The fraction of sp³-hybridized carbons (Fsp3) is 0.286. The zero-order valence-corrected chi connectivity index (χ0v) is 11.4. The number of nitrogens with two attached hydrogens (primary N) is 1. The first-order chi connectivity index (χ1) is 9.63. The molecule has 1 aromatic carbocycles. The molecule has 20 heavy (non-hydrogen) atoms. The second kappa shape index (κ2) is 6.40. The number of aryl methyl sites for hydroxylation is 1. The highest BCUT2D eigenvalue weighted by atomic mass is 19.1. The summed E-state index contributed by atoms with van der Waals surface area (Å²) in [6, 6.07) is 4.54. The van der Waals surface area contributed by atoms with Gasteiger partial charge in [0.15, 0.2) is 11.6 Å². The number of hydrogen-bond donors (Lipinski definition) is 2. The van der Waals surface area contributed by atoms with Gasteiger partial charge < -0.3 is 4.74 Å². The van der Waals surface area contributed by atoms with Crippen LogP contribution in [0.25, 0.3) is 0 Å². The third-order valence-electron chi connectivity index (χ3n) is 2.97. The molecule has 1 heterocycles. The summed E-state index contributed by atoms with van der Waals surface area (Å²) in [5.74, 6) is 5.94. The first-order valence-corrected chi connectivity index (χ1v) is 6.21. The minimum absolute atomic E-state index is 0.220. The Kier molecular flexibility index (Phi) is 4.60. The zero-order chi connectivity index (χ0) is 14.5. The van der Waals surface area contributed by atoms with Gasteiger partial charge in [0.05, 0.1) is 13.2 Å². The number of nitrogens with zero attached hydrogens (tertiary/aromatic N) is 2. The van der Waals surface area contributed by atoms with Gasteiger partial charge in [0, 0.05) is 12.4 Å². The van der Waals surface area contributed by atoms with Crippen LogP contribution in [-0.2, 0) is 6.42 Å². The summed E-state index contributed by atoms with van der Waals surface area (Å²) >= 11 is 0. The number of halogens is 1. The predicted octanol–water partition coefficient (Wildman–Crippen LogP) is 1.68. The molecule has 0 aliphatic heterocycles. The van der Waals surface area contributed by atoms with Gasteiger partial charge in [-0.25, -0.2) is 19.8 Å². The van der Waals surface area contributed by atoms with Gasteiger partial charge in [0.25, 0.3) is 0 Å². The van der Waals surface area contributed by atoms with Crippen LogP contribution in [0, 0.1) is 12.7 Å². The standard InChI is InChI=1S/C14H17FN4O/c1-9-7-17-14(18-8-9)12(19-16)6-10-3-4-13(20-2)11(15)5-10/h3-5,7-8,12,19H,6,16H2,1-2H3. The fourth-order valence-corrected chi connectivity index (χ4v) is 1.88. The molecule has 2 rings (SSSR count). The SMILES string of the molecule is COc1ccc(CC(NN)c2ncc(C)cn2)cc1F. The van der Waals surface area contributed by atoms with Crippen LogP contribution >= 0.6 is 0 Å². The second-order valence-corrected chi connectivity index (χ2v) is 4.51. The summed E-state index contributed by atoms with van der Waals surface area (Å²) in [4.78, 5) is 8.46. The molecule has 106 valence electrons. The first-order valence-electron chi connectivity index (χ1n) is 6.21. The molecule has 1 aromatic heterocycles. The van der Waals surface area contributed by atoms with Gasteiger partial charge in [-0.3, -0.25) is 5.84 Å². The molecular weight excluding hydrogens is 259 g/mol. The van der Waals surface area contributed by atoms with E-state index in [1.54, 1.807) is 24.5 Å². The smallest absolute Gasteiger partial charge is 0.165 e. The third-order valence-corrected chi connectivity index (χ3v) is 2.97. The van der Waals surface area contributed by atoms with Crippen LogP contribution in [-0.4, -0.2) is 17.1 Å². The normalized spacial score (nSPS) is 12.2. The Balaban J connectivity index is 2.17. The van der Waals surface area contributed by atoms with E-state index in [1.165, 1.54) is 13.2 Å². The van der Waals surface area contributed by atoms with Crippen molar-refractivity contribution in [3.05, 3.63) is 53.4 Å². The fourth-order valence-electron chi connectivity index (χ4n) is 1.88. The highest BCUT2D eigenvalue weighted by Crippen LogP contribution is 2.21. The number of benzene rings is 1. The van der Waals surface area contributed by atoms with Crippen LogP contribution in [0.3, 0.4) is 0 Å². The topological polar surface area (TPSA) is 73.1 Å². The van der Waals surface area contributed by atoms with Crippen molar-refractivity contribution in [1.82, 2.24) is 15.4 Å². The highest BCUT2D eigenvalue weighted by molar-refractivity contribution is 5.30. The Morgan fingerprint density at radius 3 is 2.60 bits per heavy atom. The lowest BCUT2D eigenvalue weighted by Crippen LogP contribution is -2.31. The van der Waals surface area contributed by atoms with Gasteiger partial charge >= 0.3 is 0 Å². The molecular formula is C14H17FN4O. The van der Waals surface area contributed by atoms with Crippen LogP contribution < -0.4 is 16.0 Å². The maximum absolute atomic E-state index is 13.7.